The van der Waals surface area contributed by atoms with Crippen LogP contribution in [0.5, 0.6) is 0 Å². The van der Waals surface area contributed by atoms with Crippen LogP contribution < -0.4 is 0 Å². The number of quaternary nitrogens is 1. The van der Waals surface area contributed by atoms with E-state index < -0.39 is 0 Å². The predicted octanol–water partition coefficient (Wildman–Crippen LogP) is 10.8. The van der Waals surface area contributed by atoms with Crippen LogP contribution in [-0.4, -0.2) is 35.6 Å². The van der Waals surface area contributed by atoms with Gasteiger partial charge >= 0.3 is 0 Å². The second-order valence-corrected chi connectivity index (χ2v) is 11.6. The van der Waals surface area contributed by atoms with Crippen molar-refractivity contribution in [3.8, 4) is 0 Å². The minimum Gasteiger partial charge on any atom is -0.870 e. The topological polar surface area (TPSA) is 30.0 Å². The predicted molar refractivity (Wildman–Crippen MR) is 153 cm³/mol. The molecule has 0 aromatic rings. The molecule has 0 bridgehead atoms. The Bertz CT molecular complexity index is 392. The number of hydrogen-bond acceptors (Lipinski definition) is 1. The van der Waals surface area contributed by atoms with Crippen molar-refractivity contribution in [1.29, 1.82) is 0 Å². The van der Waals surface area contributed by atoms with Crippen molar-refractivity contribution in [2.45, 2.75) is 187 Å². The van der Waals surface area contributed by atoms with E-state index >= 15 is 0 Å². The van der Waals surface area contributed by atoms with E-state index in [0.717, 1.165) is 6.04 Å². The van der Waals surface area contributed by atoms with Gasteiger partial charge in [-0.15, -0.1) is 0 Å². The first-order valence-electron chi connectivity index (χ1n) is 16.1. The van der Waals surface area contributed by atoms with Gasteiger partial charge in [0.25, 0.3) is 0 Å². The van der Waals surface area contributed by atoms with Gasteiger partial charge in [-0.3, -0.25) is 0 Å². The summed E-state index contributed by atoms with van der Waals surface area (Å²) in [6.45, 7) is 11.5. The number of rotatable bonds is 24. The third-order valence-electron chi connectivity index (χ3n) is 8.89. The van der Waals surface area contributed by atoms with Crippen LogP contribution in [0.3, 0.4) is 0 Å². The lowest BCUT2D eigenvalue weighted by atomic mass is 9.91. The summed E-state index contributed by atoms with van der Waals surface area (Å²) in [5.41, 5.74) is 0. The van der Waals surface area contributed by atoms with Crippen LogP contribution in [0, 0.1) is 0 Å². The molecule has 34 heavy (non-hydrogen) atoms. The lowest BCUT2D eigenvalue weighted by Crippen LogP contribution is -2.57. The molecule has 2 nitrogen and oxygen atoms in total. The summed E-state index contributed by atoms with van der Waals surface area (Å²) in [5.74, 6) is 0. The SMILES string of the molecule is CCCCCCCCCCCCCCCCCCCC[N+](CC)(CCCC)C1CCCCC1.[OH-]. The lowest BCUT2D eigenvalue weighted by Gasteiger charge is -2.46. The van der Waals surface area contributed by atoms with E-state index in [2.05, 4.69) is 20.8 Å². The Morgan fingerprint density at radius 3 is 1.18 bits per heavy atom. The quantitative estimate of drug-likeness (QED) is 0.0995. The smallest absolute Gasteiger partial charge is 0.0890 e. The Morgan fingerprint density at radius 2 is 0.794 bits per heavy atom. The number of nitrogens with zero attached hydrogens (tertiary/aromatic N) is 1. The molecule has 1 fully saturated rings. The molecule has 1 unspecified atom stereocenters. The van der Waals surface area contributed by atoms with E-state index in [1.165, 1.54) is 185 Å². The minimum absolute atomic E-state index is 0. The molecule has 0 heterocycles. The highest BCUT2D eigenvalue weighted by Gasteiger charge is 2.35. The van der Waals surface area contributed by atoms with Gasteiger partial charge in [0.05, 0.1) is 25.7 Å². The van der Waals surface area contributed by atoms with E-state index in [4.69, 9.17) is 0 Å². The fraction of sp³-hybridized carbons (Fsp3) is 1.00. The molecule has 0 aromatic carbocycles. The van der Waals surface area contributed by atoms with Gasteiger partial charge in [-0.25, -0.2) is 0 Å². The number of unbranched alkanes of at least 4 members (excludes halogenated alkanes) is 18. The van der Waals surface area contributed by atoms with Crippen LogP contribution in [0.15, 0.2) is 0 Å². The van der Waals surface area contributed by atoms with E-state index in [0.29, 0.717) is 0 Å². The average molecular weight is 482 g/mol. The Labute approximate surface area is 216 Å². The van der Waals surface area contributed by atoms with Gasteiger partial charge in [-0.1, -0.05) is 129 Å². The van der Waals surface area contributed by atoms with Crippen molar-refractivity contribution in [2.75, 3.05) is 19.6 Å². The molecule has 0 saturated heterocycles. The normalized spacial score (nSPS) is 16.3. The molecule has 206 valence electrons. The molecule has 1 N–H and O–H groups in total. The van der Waals surface area contributed by atoms with Crippen molar-refractivity contribution >= 4 is 0 Å². The van der Waals surface area contributed by atoms with Crippen molar-refractivity contribution in [1.82, 2.24) is 0 Å². The van der Waals surface area contributed by atoms with E-state index in [1.54, 1.807) is 0 Å². The minimum atomic E-state index is 0. The van der Waals surface area contributed by atoms with Gasteiger partial charge < -0.3 is 9.96 Å². The van der Waals surface area contributed by atoms with Crippen LogP contribution in [0.2, 0.25) is 0 Å². The van der Waals surface area contributed by atoms with Crippen molar-refractivity contribution in [3.05, 3.63) is 0 Å². The van der Waals surface area contributed by atoms with Crippen molar-refractivity contribution in [3.63, 3.8) is 0 Å². The highest BCUT2D eigenvalue weighted by atomic mass is 16.0. The Hall–Kier alpha value is -0.0800. The first kappa shape index (κ1) is 33.9. The second kappa shape index (κ2) is 24.6. The van der Waals surface area contributed by atoms with Gasteiger partial charge in [0.1, 0.15) is 0 Å². The summed E-state index contributed by atoms with van der Waals surface area (Å²) in [6, 6.07) is 0.987. The average Bonchev–Trinajstić information content (AvgIpc) is 2.86. The maximum absolute atomic E-state index is 2.49. The molecule has 1 aliphatic rings. The van der Waals surface area contributed by atoms with Gasteiger partial charge in [0.2, 0.25) is 0 Å². The highest BCUT2D eigenvalue weighted by molar-refractivity contribution is 4.68. The summed E-state index contributed by atoms with van der Waals surface area (Å²) >= 11 is 0. The van der Waals surface area contributed by atoms with E-state index in [1.807, 2.05) is 0 Å². The summed E-state index contributed by atoms with van der Waals surface area (Å²) in [7, 11) is 0. The van der Waals surface area contributed by atoms with Gasteiger partial charge in [0, 0.05) is 0 Å². The molecule has 1 saturated carbocycles. The van der Waals surface area contributed by atoms with Crippen LogP contribution in [-0.2, 0) is 0 Å². The molecule has 0 aliphatic heterocycles. The zero-order valence-electron chi connectivity index (χ0n) is 24.3. The molecule has 1 aliphatic carbocycles. The maximum atomic E-state index is 2.49. The Morgan fingerprint density at radius 1 is 0.441 bits per heavy atom. The maximum Gasteiger partial charge on any atom is 0.0890 e. The first-order chi connectivity index (χ1) is 16.3. The van der Waals surface area contributed by atoms with Gasteiger partial charge in [0.15, 0.2) is 0 Å². The van der Waals surface area contributed by atoms with Gasteiger partial charge in [-0.2, -0.15) is 0 Å². The summed E-state index contributed by atoms with van der Waals surface area (Å²) in [6.07, 6.45) is 36.9. The van der Waals surface area contributed by atoms with Crippen molar-refractivity contribution < 1.29 is 9.96 Å². The summed E-state index contributed by atoms with van der Waals surface area (Å²) < 4.78 is 1.46. The van der Waals surface area contributed by atoms with E-state index in [-0.39, 0.29) is 5.48 Å². The monoisotopic (exact) mass is 482 g/mol. The summed E-state index contributed by atoms with van der Waals surface area (Å²) in [5, 5.41) is 0. The van der Waals surface area contributed by atoms with Crippen LogP contribution in [0.1, 0.15) is 181 Å². The molecule has 1 rings (SSSR count). The fourth-order valence-electron chi connectivity index (χ4n) is 6.48. The third-order valence-corrected chi connectivity index (χ3v) is 8.89. The van der Waals surface area contributed by atoms with Crippen LogP contribution in [0.4, 0.5) is 0 Å². The van der Waals surface area contributed by atoms with Crippen molar-refractivity contribution in [2.24, 2.45) is 0 Å². The Balaban J connectivity index is 0.0000109. The highest BCUT2D eigenvalue weighted by Crippen LogP contribution is 2.30. The fourth-order valence-corrected chi connectivity index (χ4v) is 6.48. The molecule has 0 amide bonds. The molecule has 2 heteroatoms. The summed E-state index contributed by atoms with van der Waals surface area (Å²) in [4.78, 5) is 0. The van der Waals surface area contributed by atoms with Crippen LogP contribution in [0.25, 0.3) is 0 Å². The van der Waals surface area contributed by atoms with E-state index in [9.17, 15) is 0 Å². The molecule has 1 atom stereocenters. The third kappa shape index (κ3) is 16.6. The molecular formula is C32H67NO. The molecular weight excluding hydrogens is 414 g/mol. The standard InChI is InChI=1S/C32H66N.H2O/c1-4-7-9-10-11-12-13-14-15-16-17-18-19-20-21-22-23-27-31-33(6-3,30-8-5-2)32-28-25-24-26-29-32;/h32H,4-31H2,1-3H3;1H2/q+1;/p-1. The largest absolute Gasteiger partial charge is 0.870 e. The lowest BCUT2D eigenvalue weighted by molar-refractivity contribution is -0.951. The van der Waals surface area contributed by atoms with Crippen LogP contribution >= 0.6 is 0 Å². The molecule has 0 spiro atoms. The van der Waals surface area contributed by atoms with Gasteiger partial charge in [-0.05, 0) is 51.9 Å². The second-order valence-electron chi connectivity index (χ2n) is 11.6. The Kier molecular flexibility index (Phi) is 24.5. The first-order valence-corrected chi connectivity index (χ1v) is 16.1. The molecule has 0 radical (unpaired) electrons. The zero-order valence-corrected chi connectivity index (χ0v) is 24.3. The zero-order chi connectivity index (χ0) is 23.9. The number of hydrogen-bond donors (Lipinski definition) is 0. The molecule has 0 aromatic heterocycles.